The number of hydrogen-bond acceptors (Lipinski definition) is 3. The van der Waals surface area contributed by atoms with E-state index in [1.54, 1.807) is 12.4 Å². The van der Waals surface area contributed by atoms with Gasteiger partial charge in [0, 0.05) is 23.9 Å². The minimum absolute atomic E-state index is 0.0162. The molecule has 1 aliphatic rings. The summed E-state index contributed by atoms with van der Waals surface area (Å²) in [4.78, 5) is 20.6. The summed E-state index contributed by atoms with van der Waals surface area (Å²) < 4.78 is 0. The van der Waals surface area contributed by atoms with Gasteiger partial charge in [-0.05, 0) is 61.3 Å². The molecular formula is C27H29N3O. The van der Waals surface area contributed by atoms with Gasteiger partial charge in [0.2, 0.25) is 5.91 Å². The summed E-state index contributed by atoms with van der Waals surface area (Å²) in [7, 11) is 0. The first-order valence-electron chi connectivity index (χ1n) is 11.0. The second kappa shape index (κ2) is 9.69. The molecule has 0 aliphatic heterocycles. The number of benzene rings is 2. The Morgan fingerprint density at radius 1 is 1.06 bits per heavy atom. The van der Waals surface area contributed by atoms with E-state index < -0.39 is 0 Å². The molecular weight excluding hydrogens is 382 g/mol. The lowest BCUT2D eigenvalue weighted by molar-refractivity contribution is -0.117. The zero-order valence-corrected chi connectivity index (χ0v) is 17.9. The number of rotatable bonds is 9. The topological polar surface area (TPSA) is 54.9 Å². The van der Waals surface area contributed by atoms with Gasteiger partial charge >= 0.3 is 0 Å². The van der Waals surface area contributed by atoms with Gasteiger partial charge in [0.15, 0.2) is 0 Å². The molecule has 1 aliphatic carbocycles. The van der Waals surface area contributed by atoms with Crippen molar-refractivity contribution in [2.45, 2.75) is 44.1 Å². The smallest absolute Gasteiger partial charge is 0.243 e. The summed E-state index contributed by atoms with van der Waals surface area (Å²) in [5, 5.41) is 3.10. The fraction of sp³-hybridized carbons (Fsp3) is 0.296. The Morgan fingerprint density at radius 3 is 2.29 bits per heavy atom. The fourth-order valence-electron chi connectivity index (χ4n) is 4.46. The van der Waals surface area contributed by atoms with E-state index in [0.717, 1.165) is 31.2 Å². The standard InChI is InChI=1S/C27H29N3O/c1-21(9-8-10-22-18-28-20-29-19-22)30-26(31)16-15-25-17-27(25,23-11-4-2-5-12-23)24-13-6-3-7-14-24/h2-7,11-16,18-21,25H,8-10,17H2,1H3,(H,30,31)/t21-,25-/m0/s1. The molecule has 1 amide bonds. The molecule has 2 aromatic carbocycles. The Bertz CT molecular complexity index is 963. The van der Waals surface area contributed by atoms with Crippen LogP contribution in [0.5, 0.6) is 0 Å². The number of aromatic nitrogens is 2. The zero-order chi connectivity index (χ0) is 21.5. The van der Waals surface area contributed by atoms with Crippen molar-refractivity contribution in [2.24, 2.45) is 5.92 Å². The van der Waals surface area contributed by atoms with Crippen molar-refractivity contribution in [3.8, 4) is 0 Å². The Labute approximate surface area is 184 Å². The quantitative estimate of drug-likeness (QED) is 0.511. The van der Waals surface area contributed by atoms with Gasteiger partial charge < -0.3 is 5.32 Å². The molecule has 1 N–H and O–H groups in total. The third kappa shape index (κ3) is 5.08. The van der Waals surface area contributed by atoms with Crippen molar-refractivity contribution in [2.75, 3.05) is 0 Å². The van der Waals surface area contributed by atoms with Gasteiger partial charge in [-0.15, -0.1) is 0 Å². The van der Waals surface area contributed by atoms with E-state index in [0.29, 0.717) is 5.92 Å². The predicted octanol–water partition coefficient (Wildman–Crippen LogP) is 4.87. The predicted molar refractivity (Wildman–Crippen MR) is 123 cm³/mol. The Hall–Kier alpha value is -3.27. The number of amides is 1. The average molecular weight is 412 g/mol. The maximum absolute atomic E-state index is 12.5. The minimum Gasteiger partial charge on any atom is -0.350 e. The first kappa shape index (κ1) is 21.0. The molecule has 0 radical (unpaired) electrons. The summed E-state index contributed by atoms with van der Waals surface area (Å²) in [6.07, 6.45) is 12.9. The monoisotopic (exact) mass is 411 g/mol. The van der Waals surface area contributed by atoms with Crippen molar-refractivity contribution >= 4 is 5.91 Å². The van der Waals surface area contributed by atoms with Crippen LogP contribution in [0.4, 0.5) is 0 Å². The first-order chi connectivity index (χ1) is 15.2. The number of aryl methyl sites for hydroxylation is 1. The van der Waals surface area contributed by atoms with Crippen LogP contribution in [0.15, 0.2) is 91.5 Å². The number of carbonyl (C=O) groups is 1. The number of nitrogens with zero attached hydrogens (tertiary/aromatic N) is 2. The van der Waals surface area contributed by atoms with Gasteiger partial charge in [0.25, 0.3) is 0 Å². The first-order valence-corrected chi connectivity index (χ1v) is 11.0. The number of carbonyl (C=O) groups excluding carboxylic acids is 1. The van der Waals surface area contributed by atoms with Gasteiger partial charge in [-0.25, -0.2) is 9.97 Å². The molecule has 4 heteroatoms. The normalized spacial score (nSPS) is 17.9. The summed E-state index contributed by atoms with van der Waals surface area (Å²) in [6.45, 7) is 2.06. The molecule has 1 heterocycles. The number of nitrogens with one attached hydrogen (secondary N) is 1. The number of hydrogen-bond donors (Lipinski definition) is 1. The average Bonchev–Trinajstić information content (AvgIpc) is 3.55. The zero-order valence-electron chi connectivity index (χ0n) is 17.9. The summed E-state index contributed by atoms with van der Waals surface area (Å²) in [6, 6.07) is 21.4. The van der Waals surface area contributed by atoms with Crippen LogP contribution in [0.2, 0.25) is 0 Å². The summed E-state index contributed by atoms with van der Waals surface area (Å²) in [5.74, 6) is 0.314. The second-order valence-corrected chi connectivity index (χ2v) is 8.42. The van der Waals surface area contributed by atoms with Crippen molar-refractivity contribution in [1.29, 1.82) is 0 Å². The molecule has 0 bridgehead atoms. The molecule has 4 nitrogen and oxygen atoms in total. The summed E-state index contributed by atoms with van der Waals surface area (Å²) in [5.41, 5.74) is 3.74. The molecule has 0 spiro atoms. The second-order valence-electron chi connectivity index (χ2n) is 8.42. The molecule has 1 aromatic heterocycles. The van der Waals surface area contributed by atoms with Crippen LogP contribution in [-0.2, 0) is 16.6 Å². The van der Waals surface area contributed by atoms with Crippen LogP contribution in [-0.4, -0.2) is 21.9 Å². The lowest BCUT2D eigenvalue weighted by Crippen LogP contribution is -2.31. The highest BCUT2D eigenvalue weighted by atomic mass is 16.1. The molecule has 3 aromatic rings. The van der Waals surface area contributed by atoms with Gasteiger partial charge in [-0.1, -0.05) is 66.7 Å². The van der Waals surface area contributed by atoms with Crippen LogP contribution < -0.4 is 5.32 Å². The number of allylic oxidation sites excluding steroid dienone is 1. The third-order valence-corrected chi connectivity index (χ3v) is 6.18. The van der Waals surface area contributed by atoms with Gasteiger partial charge in [-0.2, -0.15) is 0 Å². The highest BCUT2D eigenvalue weighted by Crippen LogP contribution is 2.59. The molecule has 2 atom stereocenters. The van der Waals surface area contributed by atoms with Crippen molar-refractivity contribution in [3.05, 3.63) is 108 Å². The van der Waals surface area contributed by atoms with E-state index in [-0.39, 0.29) is 17.4 Å². The Morgan fingerprint density at radius 2 is 1.68 bits per heavy atom. The largest absolute Gasteiger partial charge is 0.350 e. The maximum Gasteiger partial charge on any atom is 0.243 e. The van der Waals surface area contributed by atoms with Gasteiger partial charge in [-0.3, -0.25) is 4.79 Å². The molecule has 1 fully saturated rings. The van der Waals surface area contributed by atoms with E-state index in [1.165, 1.54) is 11.1 Å². The molecule has 1 saturated carbocycles. The van der Waals surface area contributed by atoms with E-state index in [9.17, 15) is 4.79 Å². The van der Waals surface area contributed by atoms with Crippen LogP contribution in [0.1, 0.15) is 42.9 Å². The Kier molecular flexibility index (Phi) is 6.56. The molecule has 158 valence electrons. The van der Waals surface area contributed by atoms with Crippen molar-refractivity contribution in [3.63, 3.8) is 0 Å². The van der Waals surface area contributed by atoms with Crippen LogP contribution in [0.25, 0.3) is 0 Å². The third-order valence-electron chi connectivity index (χ3n) is 6.18. The molecule has 0 saturated heterocycles. The van der Waals surface area contributed by atoms with E-state index in [1.807, 2.05) is 12.4 Å². The van der Waals surface area contributed by atoms with Crippen molar-refractivity contribution < 1.29 is 4.79 Å². The van der Waals surface area contributed by atoms with E-state index in [2.05, 4.69) is 88.9 Å². The van der Waals surface area contributed by atoms with Crippen LogP contribution in [0.3, 0.4) is 0 Å². The Balaban J connectivity index is 1.33. The van der Waals surface area contributed by atoms with Gasteiger partial charge in [0.1, 0.15) is 6.33 Å². The fourth-order valence-corrected chi connectivity index (χ4v) is 4.46. The highest BCUT2D eigenvalue weighted by Gasteiger charge is 2.54. The lowest BCUT2D eigenvalue weighted by atomic mass is 9.85. The van der Waals surface area contributed by atoms with Gasteiger partial charge in [0.05, 0.1) is 0 Å². The highest BCUT2D eigenvalue weighted by molar-refractivity contribution is 5.87. The van der Waals surface area contributed by atoms with Crippen molar-refractivity contribution in [1.82, 2.24) is 15.3 Å². The minimum atomic E-state index is -0.0251. The lowest BCUT2D eigenvalue weighted by Gasteiger charge is -2.18. The van der Waals surface area contributed by atoms with E-state index >= 15 is 0 Å². The maximum atomic E-state index is 12.5. The molecule has 4 rings (SSSR count). The molecule has 31 heavy (non-hydrogen) atoms. The van der Waals surface area contributed by atoms with Crippen LogP contribution in [0, 0.1) is 5.92 Å². The van der Waals surface area contributed by atoms with Crippen LogP contribution >= 0.6 is 0 Å². The SMILES string of the molecule is C[C@@H](CCCc1cncnc1)NC(=O)C=C[C@H]1CC1(c1ccccc1)c1ccccc1. The molecule has 0 unspecified atom stereocenters. The van der Waals surface area contributed by atoms with E-state index in [4.69, 9.17) is 0 Å². The summed E-state index contributed by atoms with van der Waals surface area (Å²) >= 11 is 0.